The van der Waals surface area contributed by atoms with Crippen LogP contribution in [0.5, 0.6) is 0 Å². The number of nitrogens with zero attached hydrogens (tertiary/aromatic N) is 1. The van der Waals surface area contributed by atoms with E-state index in [4.69, 9.17) is 5.73 Å². The topological polar surface area (TPSA) is 47.5 Å². The van der Waals surface area contributed by atoms with Crippen molar-refractivity contribution in [3.05, 3.63) is 63.4 Å². The molecular weight excluding hydrogens is 268 g/mol. The fourth-order valence-corrected chi connectivity index (χ4v) is 3.40. The minimum absolute atomic E-state index is 0.0137. The maximum Gasteiger partial charge on any atom is 0.264 e. The normalized spacial score (nSPS) is 12.8. The Morgan fingerprint density at radius 1 is 1.25 bits per heavy atom. The number of thiazole rings is 1. The van der Waals surface area contributed by atoms with Crippen molar-refractivity contribution in [3.8, 4) is 11.1 Å². The van der Waals surface area contributed by atoms with E-state index in [9.17, 15) is 4.79 Å². The molecule has 3 nitrogen and oxygen atoms in total. The Labute approximate surface area is 121 Å². The summed E-state index contributed by atoms with van der Waals surface area (Å²) >= 11 is 1.57. The molecule has 0 fully saturated rings. The molecule has 0 bridgehead atoms. The van der Waals surface area contributed by atoms with Gasteiger partial charge in [0.25, 0.3) is 5.56 Å². The minimum atomic E-state index is -0.176. The van der Waals surface area contributed by atoms with E-state index in [0.717, 1.165) is 21.7 Å². The van der Waals surface area contributed by atoms with Crippen LogP contribution in [0.25, 0.3) is 16.0 Å². The molecule has 0 aliphatic carbocycles. The van der Waals surface area contributed by atoms with E-state index in [1.54, 1.807) is 15.7 Å². The fraction of sp³-hybridized carbons (Fsp3) is 0.188. The third-order valence-corrected chi connectivity index (χ3v) is 4.46. The van der Waals surface area contributed by atoms with Crippen molar-refractivity contribution in [2.24, 2.45) is 5.73 Å². The van der Waals surface area contributed by atoms with Crippen LogP contribution in [-0.2, 0) is 0 Å². The van der Waals surface area contributed by atoms with Gasteiger partial charge in [-0.05, 0) is 31.0 Å². The summed E-state index contributed by atoms with van der Waals surface area (Å²) in [6.45, 7) is 3.86. The summed E-state index contributed by atoms with van der Waals surface area (Å²) in [6.07, 6.45) is 0. The number of aromatic nitrogens is 1. The Morgan fingerprint density at radius 2 is 1.95 bits per heavy atom. The molecule has 3 rings (SSSR count). The van der Waals surface area contributed by atoms with Crippen molar-refractivity contribution in [1.29, 1.82) is 0 Å². The van der Waals surface area contributed by atoms with Gasteiger partial charge in [-0.3, -0.25) is 9.20 Å². The Kier molecular flexibility index (Phi) is 3.20. The maximum atomic E-state index is 12.9. The van der Waals surface area contributed by atoms with E-state index in [-0.39, 0.29) is 11.6 Å². The number of benzene rings is 1. The lowest BCUT2D eigenvalue weighted by Crippen LogP contribution is -2.20. The highest BCUT2D eigenvalue weighted by atomic mass is 32.1. The molecule has 4 heteroatoms. The summed E-state index contributed by atoms with van der Waals surface area (Å²) in [5.74, 6) is 0. The number of pyridine rings is 1. The molecule has 0 aliphatic heterocycles. The van der Waals surface area contributed by atoms with Crippen LogP contribution in [0.15, 0.2) is 46.6 Å². The van der Waals surface area contributed by atoms with Gasteiger partial charge < -0.3 is 5.73 Å². The molecule has 1 atom stereocenters. The molecule has 2 aromatic heterocycles. The van der Waals surface area contributed by atoms with Crippen molar-refractivity contribution < 1.29 is 0 Å². The molecule has 1 aromatic carbocycles. The monoisotopic (exact) mass is 284 g/mol. The van der Waals surface area contributed by atoms with Crippen LogP contribution in [0.4, 0.5) is 0 Å². The molecule has 2 N–H and O–H groups in total. The van der Waals surface area contributed by atoms with Crippen LogP contribution in [0.1, 0.15) is 24.2 Å². The lowest BCUT2D eigenvalue weighted by molar-refractivity contribution is 0.815. The predicted octanol–water partition coefficient (Wildman–Crippen LogP) is 3.36. The molecule has 0 spiro atoms. The number of rotatable bonds is 2. The number of nitrogens with two attached hydrogens (primary N) is 1. The second-order valence-electron chi connectivity index (χ2n) is 4.99. The zero-order valence-corrected chi connectivity index (χ0v) is 12.3. The van der Waals surface area contributed by atoms with Gasteiger partial charge in [-0.25, -0.2) is 0 Å². The molecule has 3 aromatic rings. The van der Waals surface area contributed by atoms with Crippen LogP contribution >= 0.6 is 11.3 Å². The zero-order valence-electron chi connectivity index (χ0n) is 11.5. The summed E-state index contributed by atoms with van der Waals surface area (Å²) in [5, 5.41) is 2.00. The molecule has 20 heavy (non-hydrogen) atoms. The summed E-state index contributed by atoms with van der Waals surface area (Å²) in [4.78, 5) is 13.8. The molecule has 0 radical (unpaired) electrons. The Bertz CT molecular complexity index is 816. The van der Waals surface area contributed by atoms with Crippen molar-refractivity contribution in [3.63, 3.8) is 0 Å². The smallest absolute Gasteiger partial charge is 0.264 e. The van der Waals surface area contributed by atoms with E-state index >= 15 is 0 Å². The summed E-state index contributed by atoms with van der Waals surface area (Å²) < 4.78 is 1.76. The zero-order chi connectivity index (χ0) is 14.3. The van der Waals surface area contributed by atoms with Gasteiger partial charge in [-0.1, -0.05) is 30.3 Å². The van der Waals surface area contributed by atoms with Crippen LogP contribution in [0.3, 0.4) is 0 Å². The molecule has 102 valence electrons. The number of fused-ring (bicyclic) bond motifs is 1. The van der Waals surface area contributed by atoms with Gasteiger partial charge in [-0.2, -0.15) is 0 Å². The second kappa shape index (κ2) is 4.89. The van der Waals surface area contributed by atoms with Gasteiger partial charge in [0.2, 0.25) is 0 Å². The Balaban J connectivity index is 2.45. The minimum Gasteiger partial charge on any atom is -0.324 e. The standard InChI is InChI=1S/C16H16N2OS/c1-10-9-20-14-8-13(11(2)17)15(16(19)18(10)14)12-6-4-3-5-7-12/h3-9,11H,17H2,1-2H3. The molecular formula is C16H16N2OS. The summed E-state index contributed by atoms with van der Waals surface area (Å²) in [5.41, 5.74) is 9.58. The SMILES string of the molecule is Cc1csc2cc(C(C)N)c(-c3ccccc3)c(=O)n12. The summed E-state index contributed by atoms with van der Waals surface area (Å²) in [7, 11) is 0. The lowest BCUT2D eigenvalue weighted by atomic mass is 9.98. The molecule has 2 heterocycles. The highest BCUT2D eigenvalue weighted by Gasteiger charge is 2.17. The average molecular weight is 284 g/mol. The van der Waals surface area contributed by atoms with E-state index in [1.807, 2.05) is 55.6 Å². The van der Waals surface area contributed by atoms with Gasteiger partial charge in [0.1, 0.15) is 4.83 Å². The highest BCUT2D eigenvalue weighted by molar-refractivity contribution is 7.15. The molecule has 0 amide bonds. The highest BCUT2D eigenvalue weighted by Crippen LogP contribution is 2.27. The first-order valence-electron chi connectivity index (χ1n) is 6.54. The van der Waals surface area contributed by atoms with Gasteiger partial charge in [-0.15, -0.1) is 11.3 Å². The van der Waals surface area contributed by atoms with E-state index < -0.39 is 0 Å². The summed E-state index contributed by atoms with van der Waals surface area (Å²) in [6, 6.07) is 11.6. The number of aryl methyl sites for hydroxylation is 1. The predicted molar refractivity (Wildman–Crippen MR) is 84.3 cm³/mol. The molecule has 0 saturated carbocycles. The van der Waals surface area contributed by atoms with E-state index in [0.29, 0.717) is 5.56 Å². The molecule has 1 unspecified atom stereocenters. The Hall–Kier alpha value is -1.91. The Morgan fingerprint density at radius 3 is 2.60 bits per heavy atom. The third kappa shape index (κ3) is 1.97. The number of hydrogen-bond donors (Lipinski definition) is 1. The van der Waals surface area contributed by atoms with Gasteiger partial charge in [0, 0.05) is 17.1 Å². The molecule has 0 aliphatic rings. The largest absolute Gasteiger partial charge is 0.324 e. The number of hydrogen-bond acceptors (Lipinski definition) is 3. The molecule has 0 saturated heterocycles. The van der Waals surface area contributed by atoms with Crippen molar-refractivity contribution in [2.75, 3.05) is 0 Å². The first kappa shape index (κ1) is 13.1. The lowest BCUT2D eigenvalue weighted by Gasteiger charge is -2.13. The first-order valence-corrected chi connectivity index (χ1v) is 7.42. The van der Waals surface area contributed by atoms with Gasteiger partial charge >= 0.3 is 0 Å². The van der Waals surface area contributed by atoms with Crippen molar-refractivity contribution in [2.45, 2.75) is 19.9 Å². The quantitative estimate of drug-likeness (QED) is 0.784. The van der Waals surface area contributed by atoms with Crippen molar-refractivity contribution in [1.82, 2.24) is 4.40 Å². The van der Waals surface area contributed by atoms with Crippen LogP contribution in [0.2, 0.25) is 0 Å². The van der Waals surface area contributed by atoms with Crippen LogP contribution in [0, 0.1) is 6.92 Å². The van der Waals surface area contributed by atoms with E-state index in [2.05, 4.69) is 0 Å². The fourth-order valence-electron chi connectivity index (χ4n) is 2.48. The van der Waals surface area contributed by atoms with Gasteiger partial charge in [0.05, 0.1) is 5.56 Å². The first-order chi connectivity index (χ1) is 9.59. The van der Waals surface area contributed by atoms with Crippen LogP contribution in [-0.4, -0.2) is 4.40 Å². The van der Waals surface area contributed by atoms with E-state index in [1.165, 1.54) is 0 Å². The maximum absolute atomic E-state index is 12.9. The average Bonchev–Trinajstić information content (AvgIpc) is 2.81. The third-order valence-electron chi connectivity index (χ3n) is 3.46. The van der Waals surface area contributed by atoms with Gasteiger partial charge in [0.15, 0.2) is 0 Å². The van der Waals surface area contributed by atoms with Crippen LogP contribution < -0.4 is 11.3 Å². The van der Waals surface area contributed by atoms with Crippen molar-refractivity contribution >= 4 is 16.2 Å². The second-order valence-corrected chi connectivity index (χ2v) is 5.87.